The minimum Gasteiger partial charge on any atom is -0.497 e. The molecule has 1 heterocycles. The second kappa shape index (κ2) is 9.29. The first-order chi connectivity index (χ1) is 12.0. The fourth-order valence-electron chi connectivity index (χ4n) is 1.81. The number of rotatable bonds is 7. The summed E-state index contributed by atoms with van der Waals surface area (Å²) in [6.07, 6.45) is 0.568. The van der Waals surface area contributed by atoms with Gasteiger partial charge in [-0.1, -0.05) is 11.6 Å². The predicted molar refractivity (Wildman–Crippen MR) is 97.1 cm³/mol. The number of halogens is 1. The first kappa shape index (κ1) is 19.1. The highest BCUT2D eigenvalue weighted by Gasteiger charge is 2.19. The number of nitrogens with one attached hydrogen (secondary N) is 1. The van der Waals surface area contributed by atoms with Crippen molar-refractivity contribution in [2.75, 3.05) is 18.2 Å². The van der Waals surface area contributed by atoms with Gasteiger partial charge in [0.2, 0.25) is 0 Å². The highest BCUT2D eigenvalue weighted by atomic mass is 35.5. The van der Waals surface area contributed by atoms with Crippen LogP contribution < -0.4 is 10.1 Å². The third-order valence-corrected chi connectivity index (χ3v) is 4.40. The van der Waals surface area contributed by atoms with Crippen LogP contribution in [0.2, 0.25) is 5.15 Å². The number of ether oxygens (including phenoxy) is 2. The summed E-state index contributed by atoms with van der Waals surface area (Å²) in [6.45, 7) is 1.50. The molecule has 1 atom stereocenters. The molecule has 0 aliphatic heterocycles. The molecule has 0 aliphatic carbocycles. The van der Waals surface area contributed by atoms with Crippen LogP contribution in [0.15, 0.2) is 47.5 Å². The monoisotopic (exact) mass is 380 g/mol. The lowest BCUT2D eigenvalue weighted by Crippen LogP contribution is -2.30. The molecule has 2 aromatic rings. The first-order valence-electron chi connectivity index (χ1n) is 7.37. The number of nitrogens with zero attached hydrogens (tertiary/aromatic N) is 1. The number of methoxy groups -OCH3 is 1. The van der Waals surface area contributed by atoms with Crippen LogP contribution in [0, 0.1) is 0 Å². The summed E-state index contributed by atoms with van der Waals surface area (Å²) in [7, 11) is 1.59. The van der Waals surface area contributed by atoms with E-state index >= 15 is 0 Å². The van der Waals surface area contributed by atoms with Gasteiger partial charge in [0.25, 0.3) is 5.91 Å². The Morgan fingerprint density at radius 3 is 2.64 bits per heavy atom. The van der Waals surface area contributed by atoms with Gasteiger partial charge in [-0.3, -0.25) is 9.59 Å². The quantitative estimate of drug-likeness (QED) is 0.450. The molecule has 132 valence electrons. The number of amides is 1. The largest absolute Gasteiger partial charge is 0.497 e. The Morgan fingerprint density at radius 1 is 1.28 bits per heavy atom. The Labute approximate surface area is 154 Å². The number of carbonyl (C=O) groups is 2. The molecule has 1 N–H and O–H groups in total. The van der Waals surface area contributed by atoms with Crippen molar-refractivity contribution in [3.05, 3.63) is 47.7 Å². The van der Waals surface area contributed by atoms with E-state index in [2.05, 4.69) is 10.3 Å². The van der Waals surface area contributed by atoms with Crippen molar-refractivity contribution in [3.63, 3.8) is 0 Å². The Morgan fingerprint density at radius 2 is 2.00 bits per heavy atom. The first-order valence-corrected chi connectivity index (χ1v) is 8.73. The van der Waals surface area contributed by atoms with Gasteiger partial charge in [-0.25, -0.2) is 4.98 Å². The molecule has 1 amide bonds. The fourth-order valence-corrected chi connectivity index (χ4v) is 2.66. The fraction of sp³-hybridized carbons (Fsp3) is 0.235. The molecule has 0 saturated carbocycles. The van der Waals surface area contributed by atoms with Crippen molar-refractivity contribution < 1.29 is 19.1 Å². The summed E-state index contributed by atoms with van der Waals surface area (Å²) >= 11 is 7.19. The minimum atomic E-state index is -0.944. The van der Waals surface area contributed by atoms with E-state index in [1.165, 1.54) is 24.9 Å². The van der Waals surface area contributed by atoms with Crippen LogP contribution in [0.5, 0.6) is 5.75 Å². The standard InChI is InChI=1S/C17H17ClN2O4S/c1-11(17(22)20-14-4-3-9-19-16(14)18)24-15(21)10-25-13-7-5-12(23-2)6-8-13/h3-9,11H,10H2,1-2H3,(H,20,22)/t11-/m0/s1. The van der Waals surface area contributed by atoms with E-state index in [0.29, 0.717) is 5.69 Å². The molecule has 2 rings (SSSR count). The number of esters is 1. The molecule has 25 heavy (non-hydrogen) atoms. The maximum absolute atomic E-state index is 12.0. The van der Waals surface area contributed by atoms with Gasteiger partial charge in [0.1, 0.15) is 5.75 Å². The van der Waals surface area contributed by atoms with Crippen molar-refractivity contribution in [1.82, 2.24) is 4.98 Å². The number of hydrogen-bond acceptors (Lipinski definition) is 6. The van der Waals surface area contributed by atoms with Crippen LogP contribution in [0.3, 0.4) is 0 Å². The van der Waals surface area contributed by atoms with Gasteiger partial charge < -0.3 is 14.8 Å². The van der Waals surface area contributed by atoms with Crippen molar-refractivity contribution in [1.29, 1.82) is 0 Å². The molecule has 1 aromatic heterocycles. The summed E-state index contributed by atoms with van der Waals surface area (Å²) in [5.74, 6) is -0.123. The topological polar surface area (TPSA) is 77.5 Å². The normalized spacial score (nSPS) is 11.5. The zero-order chi connectivity index (χ0) is 18.2. The highest BCUT2D eigenvalue weighted by molar-refractivity contribution is 8.00. The van der Waals surface area contributed by atoms with Crippen LogP contribution in [-0.2, 0) is 14.3 Å². The summed E-state index contributed by atoms with van der Waals surface area (Å²) in [5, 5.41) is 2.74. The van der Waals surface area contributed by atoms with Crippen LogP contribution in [-0.4, -0.2) is 35.8 Å². The van der Waals surface area contributed by atoms with Crippen LogP contribution in [0.25, 0.3) is 0 Å². The average Bonchev–Trinajstić information content (AvgIpc) is 2.62. The van der Waals surface area contributed by atoms with Crippen molar-refractivity contribution in [2.45, 2.75) is 17.9 Å². The number of carbonyl (C=O) groups excluding carboxylic acids is 2. The van der Waals surface area contributed by atoms with Crippen LogP contribution >= 0.6 is 23.4 Å². The molecule has 0 saturated heterocycles. The van der Waals surface area contributed by atoms with Crippen molar-refractivity contribution >= 4 is 40.9 Å². The number of pyridine rings is 1. The molecule has 6 nitrogen and oxygen atoms in total. The Bertz CT molecular complexity index is 740. The molecule has 0 spiro atoms. The smallest absolute Gasteiger partial charge is 0.317 e. The Balaban J connectivity index is 1.80. The zero-order valence-electron chi connectivity index (χ0n) is 13.7. The zero-order valence-corrected chi connectivity index (χ0v) is 15.3. The number of hydrogen-bond donors (Lipinski definition) is 1. The third-order valence-electron chi connectivity index (χ3n) is 3.11. The van der Waals surface area contributed by atoms with Gasteiger partial charge >= 0.3 is 5.97 Å². The number of benzene rings is 1. The van der Waals surface area contributed by atoms with Gasteiger partial charge in [0.05, 0.1) is 18.6 Å². The number of anilines is 1. The Hall–Kier alpha value is -2.25. The molecule has 0 unspecified atom stereocenters. The maximum atomic E-state index is 12.0. The predicted octanol–water partition coefficient (Wildman–Crippen LogP) is 3.41. The van der Waals surface area contributed by atoms with E-state index in [4.69, 9.17) is 21.1 Å². The number of aromatic nitrogens is 1. The lowest BCUT2D eigenvalue weighted by Gasteiger charge is -2.13. The van der Waals surface area contributed by atoms with Gasteiger partial charge in [0, 0.05) is 11.1 Å². The van der Waals surface area contributed by atoms with E-state index in [-0.39, 0.29) is 10.9 Å². The second-order valence-electron chi connectivity index (χ2n) is 4.93. The molecule has 1 aromatic carbocycles. The molecule has 8 heteroatoms. The maximum Gasteiger partial charge on any atom is 0.317 e. The lowest BCUT2D eigenvalue weighted by atomic mass is 10.3. The van der Waals surface area contributed by atoms with E-state index < -0.39 is 18.0 Å². The molecular weight excluding hydrogens is 364 g/mol. The van der Waals surface area contributed by atoms with Crippen LogP contribution in [0.4, 0.5) is 5.69 Å². The van der Waals surface area contributed by atoms with Crippen molar-refractivity contribution in [2.24, 2.45) is 0 Å². The summed E-state index contributed by atoms with van der Waals surface area (Å²) < 4.78 is 10.2. The minimum absolute atomic E-state index is 0.0948. The second-order valence-corrected chi connectivity index (χ2v) is 6.33. The lowest BCUT2D eigenvalue weighted by molar-refractivity contribution is -0.150. The average molecular weight is 381 g/mol. The van der Waals surface area contributed by atoms with E-state index in [1.54, 1.807) is 31.4 Å². The molecule has 0 bridgehead atoms. The van der Waals surface area contributed by atoms with E-state index in [9.17, 15) is 9.59 Å². The molecular formula is C17H17ClN2O4S. The van der Waals surface area contributed by atoms with Crippen LogP contribution in [0.1, 0.15) is 6.92 Å². The molecule has 0 aliphatic rings. The highest BCUT2D eigenvalue weighted by Crippen LogP contribution is 2.22. The van der Waals surface area contributed by atoms with Gasteiger partial charge in [-0.2, -0.15) is 0 Å². The number of thioether (sulfide) groups is 1. The van der Waals surface area contributed by atoms with Gasteiger partial charge in [-0.05, 0) is 43.3 Å². The molecule has 0 fully saturated rings. The Kier molecular flexibility index (Phi) is 7.09. The summed E-state index contributed by atoms with van der Waals surface area (Å²) in [6, 6.07) is 10.6. The molecule has 0 radical (unpaired) electrons. The van der Waals surface area contributed by atoms with E-state index in [0.717, 1.165) is 10.6 Å². The SMILES string of the molecule is COc1ccc(SCC(=O)O[C@@H](C)C(=O)Nc2cccnc2Cl)cc1. The van der Waals surface area contributed by atoms with Gasteiger partial charge in [0.15, 0.2) is 11.3 Å². The summed E-state index contributed by atoms with van der Waals surface area (Å²) in [4.78, 5) is 28.7. The summed E-state index contributed by atoms with van der Waals surface area (Å²) in [5.41, 5.74) is 0.365. The van der Waals surface area contributed by atoms with Crippen molar-refractivity contribution in [3.8, 4) is 5.75 Å². The van der Waals surface area contributed by atoms with E-state index in [1.807, 2.05) is 12.1 Å². The van der Waals surface area contributed by atoms with Gasteiger partial charge in [-0.15, -0.1) is 11.8 Å². The third kappa shape index (κ3) is 5.95.